The molecule has 2 rings (SSSR count). The van der Waals surface area contributed by atoms with E-state index in [1.807, 2.05) is 6.07 Å². The maximum atomic E-state index is 5.52. The van der Waals surface area contributed by atoms with Crippen LogP contribution in [0.1, 0.15) is 16.8 Å². The Morgan fingerprint density at radius 3 is 2.65 bits per heavy atom. The number of anilines is 1. The van der Waals surface area contributed by atoms with Gasteiger partial charge in [-0.15, -0.1) is 0 Å². The van der Waals surface area contributed by atoms with Crippen LogP contribution in [-0.2, 0) is 13.1 Å². The molecule has 0 aliphatic carbocycles. The Hall–Kier alpha value is -1.94. The molecule has 88 valence electrons. The van der Waals surface area contributed by atoms with Gasteiger partial charge in [0.05, 0.1) is 5.69 Å². The Morgan fingerprint density at radius 2 is 1.94 bits per heavy atom. The molecule has 0 atom stereocenters. The predicted octanol–water partition coefficient (Wildman–Crippen LogP) is 1.86. The highest BCUT2D eigenvalue weighted by atomic mass is 15.1. The summed E-state index contributed by atoms with van der Waals surface area (Å²) < 4.78 is 0. The van der Waals surface area contributed by atoms with Gasteiger partial charge in [0.1, 0.15) is 0 Å². The summed E-state index contributed by atoms with van der Waals surface area (Å²) in [5.41, 5.74) is 8.83. The van der Waals surface area contributed by atoms with E-state index < -0.39 is 0 Å². The molecule has 0 aliphatic rings. The number of nitrogens with zero attached hydrogens (tertiary/aromatic N) is 2. The average Bonchev–Trinajstić information content (AvgIpc) is 2.38. The van der Waals surface area contributed by atoms with Crippen LogP contribution in [0.4, 0.5) is 5.95 Å². The first kappa shape index (κ1) is 11.5. The highest BCUT2D eigenvalue weighted by Gasteiger charge is 1.98. The molecule has 0 bridgehead atoms. The summed E-state index contributed by atoms with van der Waals surface area (Å²) in [6.07, 6.45) is 1.71. The fourth-order valence-electron chi connectivity index (χ4n) is 1.48. The molecular formula is C13H16N4. The van der Waals surface area contributed by atoms with E-state index in [4.69, 9.17) is 5.73 Å². The summed E-state index contributed by atoms with van der Waals surface area (Å²) in [5, 5.41) is 3.18. The summed E-state index contributed by atoms with van der Waals surface area (Å²) >= 11 is 0. The Kier molecular flexibility index (Phi) is 3.67. The maximum absolute atomic E-state index is 5.52. The highest BCUT2D eigenvalue weighted by Crippen LogP contribution is 2.06. The molecule has 2 aromatic rings. The van der Waals surface area contributed by atoms with Gasteiger partial charge in [0, 0.05) is 19.3 Å². The molecular weight excluding hydrogens is 212 g/mol. The Bertz CT molecular complexity index is 479. The lowest BCUT2D eigenvalue weighted by Gasteiger charge is -2.06. The first-order valence-corrected chi connectivity index (χ1v) is 5.59. The van der Waals surface area contributed by atoms with E-state index in [0.717, 1.165) is 5.69 Å². The van der Waals surface area contributed by atoms with Crippen molar-refractivity contribution >= 4 is 5.95 Å². The van der Waals surface area contributed by atoms with Gasteiger partial charge < -0.3 is 11.1 Å². The van der Waals surface area contributed by atoms with E-state index in [0.29, 0.717) is 19.0 Å². The normalized spacial score (nSPS) is 10.2. The summed E-state index contributed by atoms with van der Waals surface area (Å²) in [4.78, 5) is 8.42. The van der Waals surface area contributed by atoms with Crippen LogP contribution in [-0.4, -0.2) is 9.97 Å². The van der Waals surface area contributed by atoms with Crippen molar-refractivity contribution in [3.8, 4) is 0 Å². The standard InChI is InChI=1S/C13H16N4/c1-10-2-4-11(5-3-10)9-16-13-15-7-6-12(8-14)17-13/h2-7H,8-9,14H2,1H3,(H,15,16,17). The highest BCUT2D eigenvalue weighted by molar-refractivity contribution is 5.29. The molecule has 0 amide bonds. The van der Waals surface area contributed by atoms with Crippen LogP contribution in [0.15, 0.2) is 36.5 Å². The molecule has 17 heavy (non-hydrogen) atoms. The molecule has 4 heteroatoms. The van der Waals surface area contributed by atoms with E-state index in [1.54, 1.807) is 6.20 Å². The number of hydrogen-bond acceptors (Lipinski definition) is 4. The van der Waals surface area contributed by atoms with Crippen molar-refractivity contribution in [2.75, 3.05) is 5.32 Å². The van der Waals surface area contributed by atoms with Crippen molar-refractivity contribution in [2.45, 2.75) is 20.0 Å². The first-order chi connectivity index (χ1) is 8.28. The minimum atomic E-state index is 0.432. The molecule has 4 nitrogen and oxygen atoms in total. The van der Waals surface area contributed by atoms with Crippen molar-refractivity contribution in [2.24, 2.45) is 5.73 Å². The molecule has 0 radical (unpaired) electrons. The van der Waals surface area contributed by atoms with Gasteiger partial charge in [-0.3, -0.25) is 0 Å². The molecule has 0 aliphatic heterocycles. The van der Waals surface area contributed by atoms with Crippen LogP contribution >= 0.6 is 0 Å². The topological polar surface area (TPSA) is 63.8 Å². The largest absolute Gasteiger partial charge is 0.350 e. The maximum Gasteiger partial charge on any atom is 0.223 e. The second-order valence-corrected chi connectivity index (χ2v) is 3.91. The van der Waals surface area contributed by atoms with Crippen LogP contribution < -0.4 is 11.1 Å². The second kappa shape index (κ2) is 5.41. The zero-order valence-electron chi connectivity index (χ0n) is 9.85. The van der Waals surface area contributed by atoms with Gasteiger partial charge in [-0.25, -0.2) is 9.97 Å². The van der Waals surface area contributed by atoms with Gasteiger partial charge in [-0.1, -0.05) is 29.8 Å². The van der Waals surface area contributed by atoms with Gasteiger partial charge >= 0.3 is 0 Å². The molecule has 1 heterocycles. The van der Waals surface area contributed by atoms with Gasteiger partial charge in [0.2, 0.25) is 5.95 Å². The first-order valence-electron chi connectivity index (χ1n) is 5.59. The molecule has 0 fully saturated rings. The quantitative estimate of drug-likeness (QED) is 0.838. The fraction of sp³-hybridized carbons (Fsp3) is 0.231. The number of nitrogens with one attached hydrogen (secondary N) is 1. The monoisotopic (exact) mass is 228 g/mol. The second-order valence-electron chi connectivity index (χ2n) is 3.91. The summed E-state index contributed by atoms with van der Waals surface area (Å²) in [6, 6.07) is 10.2. The zero-order chi connectivity index (χ0) is 12.1. The molecule has 3 N–H and O–H groups in total. The molecule has 0 spiro atoms. The summed E-state index contributed by atoms with van der Waals surface area (Å²) in [6.45, 7) is 3.22. The van der Waals surface area contributed by atoms with E-state index >= 15 is 0 Å². The predicted molar refractivity (Wildman–Crippen MR) is 68.4 cm³/mol. The Labute approximate surface area is 101 Å². The van der Waals surface area contributed by atoms with Crippen molar-refractivity contribution in [1.29, 1.82) is 0 Å². The number of hydrogen-bond donors (Lipinski definition) is 2. The Morgan fingerprint density at radius 1 is 1.18 bits per heavy atom. The van der Waals surface area contributed by atoms with Crippen molar-refractivity contribution in [1.82, 2.24) is 9.97 Å². The lowest BCUT2D eigenvalue weighted by atomic mass is 10.1. The number of nitrogens with two attached hydrogens (primary N) is 1. The average molecular weight is 228 g/mol. The van der Waals surface area contributed by atoms with Crippen LogP contribution in [0.2, 0.25) is 0 Å². The molecule has 0 saturated heterocycles. The fourth-order valence-corrected chi connectivity index (χ4v) is 1.48. The SMILES string of the molecule is Cc1ccc(CNc2nccc(CN)n2)cc1. The van der Waals surface area contributed by atoms with Crippen LogP contribution in [0.5, 0.6) is 0 Å². The minimum absolute atomic E-state index is 0.432. The molecule has 0 unspecified atom stereocenters. The lowest BCUT2D eigenvalue weighted by molar-refractivity contribution is 0.950. The van der Waals surface area contributed by atoms with E-state index in [-0.39, 0.29) is 0 Å². The van der Waals surface area contributed by atoms with Crippen molar-refractivity contribution in [3.05, 3.63) is 53.3 Å². The third-order valence-electron chi connectivity index (χ3n) is 2.49. The molecule has 0 saturated carbocycles. The Balaban J connectivity index is 1.99. The summed E-state index contributed by atoms with van der Waals surface area (Å²) in [7, 11) is 0. The van der Waals surface area contributed by atoms with E-state index in [2.05, 4.69) is 46.5 Å². The van der Waals surface area contributed by atoms with Crippen LogP contribution in [0.25, 0.3) is 0 Å². The van der Waals surface area contributed by atoms with Gasteiger partial charge in [0.25, 0.3) is 0 Å². The van der Waals surface area contributed by atoms with Crippen LogP contribution in [0.3, 0.4) is 0 Å². The van der Waals surface area contributed by atoms with Gasteiger partial charge in [-0.05, 0) is 18.6 Å². The number of benzene rings is 1. The third-order valence-corrected chi connectivity index (χ3v) is 2.49. The number of aromatic nitrogens is 2. The number of rotatable bonds is 4. The molecule has 1 aromatic carbocycles. The van der Waals surface area contributed by atoms with Gasteiger partial charge in [0.15, 0.2) is 0 Å². The van der Waals surface area contributed by atoms with E-state index in [9.17, 15) is 0 Å². The lowest BCUT2D eigenvalue weighted by Crippen LogP contribution is -2.06. The van der Waals surface area contributed by atoms with Crippen LogP contribution in [0, 0.1) is 6.92 Å². The smallest absolute Gasteiger partial charge is 0.223 e. The van der Waals surface area contributed by atoms with E-state index in [1.165, 1.54) is 11.1 Å². The van der Waals surface area contributed by atoms with Gasteiger partial charge in [-0.2, -0.15) is 0 Å². The molecule has 1 aromatic heterocycles. The number of aryl methyl sites for hydroxylation is 1. The third kappa shape index (κ3) is 3.26. The van der Waals surface area contributed by atoms with Crippen molar-refractivity contribution in [3.63, 3.8) is 0 Å². The van der Waals surface area contributed by atoms with Crippen molar-refractivity contribution < 1.29 is 0 Å². The zero-order valence-corrected chi connectivity index (χ0v) is 9.85. The summed E-state index contributed by atoms with van der Waals surface area (Å²) in [5.74, 6) is 0.619. The minimum Gasteiger partial charge on any atom is -0.350 e.